The predicted molar refractivity (Wildman–Crippen MR) is 215 cm³/mol. The molecule has 13 nitrogen and oxygen atoms in total. The average molecular weight is 833 g/mol. The zero-order chi connectivity index (χ0) is 43.8. The molecular weight excluding hydrogens is 770 g/mol. The van der Waals surface area contributed by atoms with Crippen LogP contribution in [-0.4, -0.2) is 84.5 Å². The number of alkyl carbamates (subject to hydrolysis) is 2. The number of hydrogen-bond donors (Lipinski definition) is 2. The van der Waals surface area contributed by atoms with Gasteiger partial charge in [0.25, 0.3) is 0 Å². The van der Waals surface area contributed by atoms with Gasteiger partial charge in [0.1, 0.15) is 65.5 Å². The average Bonchev–Trinajstić information content (AvgIpc) is 3.21. The molecule has 4 rings (SSSR count). The van der Waals surface area contributed by atoms with Crippen molar-refractivity contribution in [1.29, 1.82) is 0 Å². The first-order valence-electron chi connectivity index (χ1n) is 20.3. The summed E-state index contributed by atoms with van der Waals surface area (Å²) in [5, 5.41) is 5.14. The van der Waals surface area contributed by atoms with E-state index in [2.05, 4.69) is 10.6 Å². The zero-order valence-corrected chi connectivity index (χ0v) is 35.5. The van der Waals surface area contributed by atoms with Gasteiger partial charge in [0.15, 0.2) is 0 Å². The van der Waals surface area contributed by atoms with Crippen molar-refractivity contribution in [3.63, 3.8) is 0 Å². The standard InChI is InChI=1S/C22H31F2NO5.C22H31NO6/c1-14-19(29-16-10-6-5-7-11-16)15(13-18(23)24)9-8-12-17(20(26)28-14)25-21(27)30-22(2,3)4;1-15-19(28-17-10-6-5-7-11-17)16(13-14-24)9-8-12-18(20(25)27-15)23-21(26)29-22(2,3)4/h5-7,10-11,14-15,17-19H,8-9,12-13H2,1-4H3,(H,25,27);5-7,10-11,14-16,18-19H,8-9,12-13H2,1-4H3,(H,23,26)/t14-,15+,17-,19-;15-,16+,18-,19-/m00/s1. The smallest absolute Gasteiger partial charge is 0.408 e. The number of amides is 2. The number of aldehydes is 1. The highest BCUT2D eigenvalue weighted by Gasteiger charge is 2.38. The minimum atomic E-state index is -2.50. The lowest BCUT2D eigenvalue weighted by atomic mass is 9.89. The Morgan fingerprint density at radius 3 is 1.46 bits per heavy atom. The Hall–Kier alpha value is -4.95. The van der Waals surface area contributed by atoms with Gasteiger partial charge in [-0.25, -0.2) is 28.0 Å². The van der Waals surface area contributed by atoms with Crippen molar-refractivity contribution in [1.82, 2.24) is 10.6 Å². The van der Waals surface area contributed by atoms with Crippen LogP contribution in [0.5, 0.6) is 11.5 Å². The van der Waals surface area contributed by atoms with Crippen molar-refractivity contribution in [3.8, 4) is 11.5 Å². The number of hydrogen-bond acceptors (Lipinski definition) is 11. The third-order valence-corrected chi connectivity index (χ3v) is 9.46. The Labute approximate surface area is 346 Å². The number of cyclic esters (lactones) is 2. The van der Waals surface area contributed by atoms with Crippen molar-refractivity contribution in [2.45, 2.75) is 161 Å². The second-order valence-corrected chi connectivity index (χ2v) is 16.9. The third kappa shape index (κ3) is 17.8. The maximum atomic E-state index is 13.2. The Morgan fingerprint density at radius 2 is 1.08 bits per heavy atom. The molecule has 2 aromatic carbocycles. The molecule has 0 aromatic heterocycles. The van der Waals surface area contributed by atoms with E-state index in [-0.39, 0.29) is 18.8 Å². The topological polar surface area (TPSA) is 165 Å². The number of nitrogens with one attached hydrogen (secondary N) is 2. The Balaban J connectivity index is 0.000000316. The highest BCUT2D eigenvalue weighted by atomic mass is 19.3. The summed E-state index contributed by atoms with van der Waals surface area (Å²) >= 11 is 0. The van der Waals surface area contributed by atoms with Gasteiger partial charge < -0.3 is 43.8 Å². The van der Waals surface area contributed by atoms with E-state index in [4.69, 9.17) is 28.4 Å². The van der Waals surface area contributed by atoms with Crippen molar-refractivity contribution in [2.75, 3.05) is 0 Å². The van der Waals surface area contributed by atoms with Crippen molar-refractivity contribution >= 4 is 30.4 Å². The molecule has 2 aliphatic heterocycles. The van der Waals surface area contributed by atoms with E-state index in [1.54, 1.807) is 79.7 Å². The van der Waals surface area contributed by atoms with Crippen LogP contribution in [0.4, 0.5) is 18.4 Å². The number of alkyl halides is 2. The lowest BCUT2D eigenvalue weighted by Crippen LogP contribution is -2.46. The largest absolute Gasteiger partial charge is 0.486 e. The molecular formula is C44H62F2N2O11. The summed E-state index contributed by atoms with van der Waals surface area (Å²) in [6.45, 7) is 13.8. The van der Waals surface area contributed by atoms with Crippen molar-refractivity contribution in [3.05, 3.63) is 60.7 Å². The molecule has 2 aliphatic rings. The number of rotatable bonds is 10. The quantitative estimate of drug-likeness (QED) is 0.134. The van der Waals surface area contributed by atoms with Gasteiger partial charge in [0, 0.05) is 24.7 Å². The molecule has 0 aliphatic carbocycles. The highest BCUT2D eigenvalue weighted by molar-refractivity contribution is 5.82. The molecule has 2 N–H and O–H groups in total. The monoisotopic (exact) mass is 832 g/mol. The number of carbonyl (C=O) groups is 5. The van der Waals surface area contributed by atoms with Crippen LogP contribution in [0.15, 0.2) is 60.7 Å². The number of halogens is 2. The highest BCUT2D eigenvalue weighted by Crippen LogP contribution is 2.31. The molecule has 2 saturated heterocycles. The molecule has 0 unspecified atom stereocenters. The molecule has 0 saturated carbocycles. The summed E-state index contributed by atoms with van der Waals surface area (Å²) in [4.78, 5) is 60.8. The Bertz CT molecular complexity index is 1620. The summed E-state index contributed by atoms with van der Waals surface area (Å²) in [5.74, 6) is -0.597. The van der Waals surface area contributed by atoms with Gasteiger partial charge in [-0.15, -0.1) is 0 Å². The maximum Gasteiger partial charge on any atom is 0.408 e. The van der Waals surface area contributed by atoms with Gasteiger partial charge in [-0.2, -0.15) is 0 Å². The second kappa shape index (κ2) is 23.0. The SMILES string of the molecule is C[C@@H]1OC(=O)[C@@H](NC(=O)OC(C)(C)C)CCC[C@H](CC(F)F)[C@H]1Oc1ccccc1.C[C@@H]1OC(=O)[C@@H](NC(=O)OC(C)(C)C)CCC[C@H](CC=O)[C@H]1Oc1ccccc1. The van der Waals surface area contributed by atoms with Crippen molar-refractivity contribution in [2.24, 2.45) is 11.8 Å². The van der Waals surface area contributed by atoms with E-state index >= 15 is 0 Å². The summed E-state index contributed by atoms with van der Waals surface area (Å²) in [7, 11) is 0. The van der Waals surface area contributed by atoms with Crippen molar-refractivity contribution < 1.29 is 61.2 Å². The zero-order valence-electron chi connectivity index (χ0n) is 35.5. The molecule has 0 radical (unpaired) electrons. The van der Waals surface area contributed by atoms with Gasteiger partial charge in [-0.05, 0) is 105 Å². The van der Waals surface area contributed by atoms with E-state index in [0.717, 1.165) is 6.29 Å². The molecule has 2 fully saturated rings. The van der Waals surface area contributed by atoms with Crippen LogP contribution >= 0.6 is 0 Å². The van der Waals surface area contributed by atoms with E-state index in [1.165, 1.54) is 0 Å². The summed E-state index contributed by atoms with van der Waals surface area (Å²) in [6.07, 6.45) is -2.79. The molecule has 0 bridgehead atoms. The Kier molecular flexibility index (Phi) is 18.9. The molecule has 328 valence electrons. The first-order valence-corrected chi connectivity index (χ1v) is 20.3. The van der Waals surface area contributed by atoms with Crippen LogP contribution in [0.3, 0.4) is 0 Å². The van der Waals surface area contributed by atoms with Gasteiger partial charge in [-0.3, -0.25) is 0 Å². The molecule has 8 atom stereocenters. The fourth-order valence-corrected chi connectivity index (χ4v) is 6.88. The van der Waals surface area contributed by atoms with Crippen LogP contribution in [-0.2, 0) is 33.3 Å². The van der Waals surface area contributed by atoms with Gasteiger partial charge in [-0.1, -0.05) is 49.2 Å². The minimum absolute atomic E-state index is 0.101. The van der Waals surface area contributed by atoms with Gasteiger partial charge in [0.05, 0.1) is 0 Å². The normalized spacial score (nSPS) is 25.5. The number of para-hydroxylation sites is 2. The molecule has 59 heavy (non-hydrogen) atoms. The summed E-state index contributed by atoms with van der Waals surface area (Å²) in [6, 6.07) is 16.4. The molecule has 2 aromatic rings. The van der Waals surface area contributed by atoms with Crippen LogP contribution in [0.25, 0.3) is 0 Å². The molecule has 15 heteroatoms. The lowest BCUT2D eigenvalue weighted by Gasteiger charge is -2.31. The third-order valence-electron chi connectivity index (χ3n) is 9.46. The van der Waals surface area contributed by atoms with E-state index < -0.39 is 84.2 Å². The van der Waals surface area contributed by atoms with E-state index in [1.807, 2.05) is 36.4 Å². The lowest BCUT2D eigenvalue weighted by molar-refractivity contribution is -0.157. The number of ether oxygens (including phenoxy) is 6. The second-order valence-electron chi connectivity index (χ2n) is 16.9. The fourth-order valence-electron chi connectivity index (χ4n) is 6.88. The first kappa shape index (κ1) is 48.4. The predicted octanol–water partition coefficient (Wildman–Crippen LogP) is 8.36. The number of esters is 2. The van der Waals surface area contributed by atoms with E-state index in [0.29, 0.717) is 50.0 Å². The molecule has 2 heterocycles. The molecule has 0 spiro atoms. The summed E-state index contributed by atoms with van der Waals surface area (Å²) < 4.78 is 60.2. The van der Waals surface area contributed by atoms with Gasteiger partial charge >= 0.3 is 24.1 Å². The maximum absolute atomic E-state index is 13.2. The van der Waals surface area contributed by atoms with Crippen LogP contribution in [0.1, 0.15) is 107 Å². The van der Waals surface area contributed by atoms with Gasteiger partial charge in [0.2, 0.25) is 6.43 Å². The minimum Gasteiger partial charge on any atom is -0.486 e. The van der Waals surface area contributed by atoms with Crippen LogP contribution in [0.2, 0.25) is 0 Å². The molecule has 2 amide bonds. The number of carbonyl (C=O) groups excluding carboxylic acids is 5. The fraction of sp³-hybridized carbons (Fsp3) is 0.614. The van der Waals surface area contributed by atoms with Crippen LogP contribution in [0, 0.1) is 11.8 Å². The summed E-state index contributed by atoms with van der Waals surface area (Å²) in [5.41, 5.74) is -1.37. The van der Waals surface area contributed by atoms with Crippen LogP contribution < -0.4 is 20.1 Å². The number of benzene rings is 2. The first-order chi connectivity index (χ1) is 27.7. The Morgan fingerprint density at radius 1 is 0.695 bits per heavy atom. The van der Waals surface area contributed by atoms with E-state index in [9.17, 15) is 32.8 Å².